The van der Waals surface area contributed by atoms with E-state index in [2.05, 4.69) is 26.1 Å². The molecule has 3 rings (SSSR count). The molecule has 7 nitrogen and oxygen atoms in total. The second-order valence-electron chi connectivity index (χ2n) is 9.41. The van der Waals surface area contributed by atoms with E-state index in [1.165, 1.54) is 16.9 Å². The number of piperazine rings is 1. The Balaban J connectivity index is 1.56. The summed E-state index contributed by atoms with van der Waals surface area (Å²) in [7, 11) is 0. The van der Waals surface area contributed by atoms with Gasteiger partial charge in [-0.25, -0.2) is 0 Å². The van der Waals surface area contributed by atoms with Crippen LogP contribution in [0, 0.1) is 0 Å². The van der Waals surface area contributed by atoms with Gasteiger partial charge in [0, 0.05) is 13.1 Å². The third kappa shape index (κ3) is 6.45. The minimum Gasteiger partial charge on any atom is -0.484 e. The minimum atomic E-state index is -0.857. The molecule has 1 atom stereocenters. The molecular formula is C24H34N2O5. The molecule has 1 N–H and O–H groups in total. The minimum absolute atomic E-state index is 0.0367. The van der Waals surface area contributed by atoms with Crippen molar-refractivity contribution in [2.45, 2.75) is 76.9 Å². The normalized spacial score (nSPS) is 20.2. The van der Waals surface area contributed by atoms with Gasteiger partial charge in [0.05, 0.1) is 6.42 Å². The van der Waals surface area contributed by atoms with Gasteiger partial charge in [0.1, 0.15) is 17.9 Å². The molecule has 0 radical (unpaired) electrons. The average molecular weight is 431 g/mol. The van der Waals surface area contributed by atoms with E-state index < -0.39 is 12.0 Å². The number of amides is 2. The van der Waals surface area contributed by atoms with Crippen LogP contribution in [0.4, 0.5) is 0 Å². The maximum Gasteiger partial charge on any atom is 0.308 e. The summed E-state index contributed by atoms with van der Waals surface area (Å²) < 4.78 is 11.2. The number of esters is 1. The van der Waals surface area contributed by atoms with Crippen LogP contribution < -0.4 is 10.1 Å². The Morgan fingerprint density at radius 1 is 1.10 bits per heavy atom. The van der Waals surface area contributed by atoms with Crippen molar-refractivity contribution in [2.75, 3.05) is 19.7 Å². The molecule has 31 heavy (non-hydrogen) atoms. The van der Waals surface area contributed by atoms with Crippen molar-refractivity contribution in [1.29, 1.82) is 0 Å². The van der Waals surface area contributed by atoms with Crippen molar-refractivity contribution in [2.24, 2.45) is 0 Å². The third-order valence-electron chi connectivity index (χ3n) is 5.94. The summed E-state index contributed by atoms with van der Waals surface area (Å²) >= 11 is 0. The second kappa shape index (κ2) is 10.2. The number of hydrogen-bond donors (Lipinski definition) is 1. The Labute approximate surface area is 184 Å². The predicted octanol–water partition coefficient (Wildman–Crippen LogP) is 2.96. The first-order valence-electron chi connectivity index (χ1n) is 11.2. The molecule has 1 aromatic carbocycles. The number of nitrogens with zero attached hydrogens (tertiary/aromatic N) is 1. The fraction of sp³-hybridized carbons (Fsp3) is 0.625. The van der Waals surface area contributed by atoms with E-state index in [0.717, 1.165) is 25.7 Å². The lowest BCUT2D eigenvalue weighted by Gasteiger charge is -2.34. The van der Waals surface area contributed by atoms with Crippen molar-refractivity contribution in [3.8, 4) is 5.75 Å². The van der Waals surface area contributed by atoms with Gasteiger partial charge in [0.25, 0.3) is 5.91 Å². The lowest BCUT2D eigenvalue weighted by Crippen LogP contribution is -2.58. The number of nitrogens with one attached hydrogen (secondary N) is 1. The zero-order valence-corrected chi connectivity index (χ0v) is 18.8. The molecule has 0 spiro atoms. The SMILES string of the molecule is CC(C)(C)c1ccc(OCC(=O)N2CCNC(=O)[C@H]2CC(=O)OC2CCCCC2)cc1. The van der Waals surface area contributed by atoms with Gasteiger partial charge in [-0.05, 0) is 48.8 Å². The summed E-state index contributed by atoms with van der Waals surface area (Å²) in [6.07, 6.45) is 4.81. The van der Waals surface area contributed by atoms with Gasteiger partial charge in [-0.3, -0.25) is 14.4 Å². The van der Waals surface area contributed by atoms with E-state index in [9.17, 15) is 14.4 Å². The van der Waals surface area contributed by atoms with Crippen molar-refractivity contribution in [3.05, 3.63) is 29.8 Å². The Bertz CT molecular complexity index is 778. The van der Waals surface area contributed by atoms with Gasteiger partial charge < -0.3 is 19.7 Å². The van der Waals surface area contributed by atoms with Crippen molar-refractivity contribution in [3.63, 3.8) is 0 Å². The molecule has 0 unspecified atom stereocenters. The number of ether oxygens (including phenoxy) is 2. The summed E-state index contributed by atoms with van der Waals surface area (Å²) in [4.78, 5) is 39.0. The fourth-order valence-corrected chi connectivity index (χ4v) is 4.07. The highest BCUT2D eigenvalue weighted by molar-refractivity contribution is 5.92. The van der Waals surface area contributed by atoms with Crippen LogP contribution in [0.1, 0.15) is 64.9 Å². The number of carbonyl (C=O) groups is 3. The summed E-state index contributed by atoms with van der Waals surface area (Å²) in [5.74, 6) is -0.471. The van der Waals surface area contributed by atoms with Crippen LogP contribution in [0.3, 0.4) is 0 Å². The number of benzene rings is 1. The quantitative estimate of drug-likeness (QED) is 0.702. The summed E-state index contributed by atoms with van der Waals surface area (Å²) in [5.41, 5.74) is 1.21. The molecule has 1 saturated carbocycles. The molecule has 2 amide bonds. The van der Waals surface area contributed by atoms with Gasteiger partial charge in [-0.2, -0.15) is 0 Å². The molecular weight excluding hydrogens is 396 g/mol. The average Bonchev–Trinajstić information content (AvgIpc) is 2.74. The monoisotopic (exact) mass is 430 g/mol. The van der Waals surface area contributed by atoms with Crippen molar-refractivity contribution >= 4 is 17.8 Å². The van der Waals surface area contributed by atoms with Crippen LogP contribution in [-0.4, -0.2) is 54.5 Å². The largest absolute Gasteiger partial charge is 0.484 e. The fourth-order valence-electron chi connectivity index (χ4n) is 4.07. The molecule has 0 bridgehead atoms. The Morgan fingerprint density at radius 3 is 2.42 bits per heavy atom. The number of carbonyl (C=O) groups excluding carboxylic acids is 3. The molecule has 2 aliphatic rings. The van der Waals surface area contributed by atoms with Crippen LogP contribution in [0.25, 0.3) is 0 Å². The number of hydrogen-bond acceptors (Lipinski definition) is 5. The van der Waals surface area contributed by atoms with Gasteiger partial charge in [-0.1, -0.05) is 39.3 Å². The van der Waals surface area contributed by atoms with Gasteiger partial charge in [-0.15, -0.1) is 0 Å². The first kappa shape index (κ1) is 23.1. The van der Waals surface area contributed by atoms with E-state index in [1.54, 1.807) is 0 Å². The Morgan fingerprint density at radius 2 is 1.77 bits per heavy atom. The summed E-state index contributed by atoms with van der Waals surface area (Å²) in [6, 6.07) is 6.80. The van der Waals surface area contributed by atoms with E-state index in [-0.39, 0.29) is 36.4 Å². The smallest absolute Gasteiger partial charge is 0.308 e. The lowest BCUT2D eigenvalue weighted by molar-refractivity contribution is -0.156. The zero-order chi connectivity index (χ0) is 22.4. The van der Waals surface area contributed by atoms with Crippen molar-refractivity contribution in [1.82, 2.24) is 10.2 Å². The van der Waals surface area contributed by atoms with Crippen LogP contribution in [-0.2, 0) is 24.5 Å². The van der Waals surface area contributed by atoms with Crippen LogP contribution in [0.2, 0.25) is 0 Å². The highest BCUT2D eigenvalue weighted by Crippen LogP contribution is 2.24. The summed E-state index contributed by atoms with van der Waals surface area (Å²) in [5, 5.41) is 2.74. The lowest BCUT2D eigenvalue weighted by atomic mass is 9.87. The predicted molar refractivity (Wildman–Crippen MR) is 117 cm³/mol. The third-order valence-corrected chi connectivity index (χ3v) is 5.94. The molecule has 7 heteroatoms. The maximum absolute atomic E-state index is 12.8. The van der Waals surface area contributed by atoms with Crippen LogP contribution in [0.5, 0.6) is 5.75 Å². The van der Waals surface area contributed by atoms with E-state index in [4.69, 9.17) is 9.47 Å². The molecule has 1 aliphatic carbocycles. The van der Waals surface area contributed by atoms with E-state index in [1.807, 2.05) is 24.3 Å². The first-order chi connectivity index (χ1) is 14.7. The van der Waals surface area contributed by atoms with Crippen molar-refractivity contribution < 1.29 is 23.9 Å². The van der Waals surface area contributed by atoms with E-state index in [0.29, 0.717) is 18.8 Å². The maximum atomic E-state index is 12.8. The molecule has 2 fully saturated rings. The topological polar surface area (TPSA) is 84.9 Å². The molecule has 0 aromatic heterocycles. The number of rotatable bonds is 6. The van der Waals surface area contributed by atoms with Gasteiger partial charge in [0.15, 0.2) is 6.61 Å². The van der Waals surface area contributed by atoms with E-state index >= 15 is 0 Å². The highest BCUT2D eigenvalue weighted by Gasteiger charge is 2.36. The molecule has 1 aliphatic heterocycles. The molecule has 1 aromatic rings. The Kier molecular flexibility index (Phi) is 7.57. The standard InChI is InChI=1S/C24H34N2O5/c1-24(2,3)17-9-11-18(12-10-17)30-16-21(27)26-14-13-25-23(29)20(26)15-22(28)31-19-7-5-4-6-8-19/h9-12,19-20H,4-8,13-16H2,1-3H3,(H,25,29)/t20-/m1/s1. The highest BCUT2D eigenvalue weighted by atomic mass is 16.5. The molecule has 1 saturated heterocycles. The van der Waals surface area contributed by atoms with Gasteiger partial charge >= 0.3 is 5.97 Å². The van der Waals surface area contributed by atoms with Gasteiger partial charge in [0.2, 0.25) is 5.91 Å². The first-order valence-corrected chi connectivity index (χ1v) is 11.2. The van der Waals surface area contributed by atoms with Crippen LogP contribution >= 0.6 is 0 Å². The summed E-state index contributed by atoms with van der Waals surface area (Å²) in [6.45, 7) is 6.92. The second-order valence-corrected chi connectivity index (χ2v) is 9.41. The molecule has 170 valence electrons. The zero-order valence-electron chi connectivity index (χ0n) is 18.8. The molecule has 1 heterocycles. The Hall–Kier alpha value is -2.57. The van der Waals surface area contributed by atoms with Crippen LogP contribution in [0.15, 0.2) is 24.3 Å².